The van der Waals surface area contributed by atoms with Gasteiger partial charge in [-0.2, -0.15) is 0 Å². The van der Waals surface area contributed by atoms with Crippen molar-refractivity contribution in [1.29, 1.82) is 0 Å². The zero-order valence-corrected chi connectivity index (χ0v) is 13.8. The number of benzene rings is 2. The van der Waals surface area contributed by atoms with Crippen LogP contribution in [0.25, 0.3) is 11.1 Å². The highest BCUT2D eigenvalue weighted by Crippen LogP contribution is 2.31. The Bertz CT molecular complexity index is 563. The summed E-state index contributed by atoms with van der Waals surface area (Å²) in [4.78, 5) is 0. The SMILES string of the molecule is CCCN(CCC)Nc1cc(-c2ccccc2)ccc1OC. The number of hydrazine groups is 1. The molecule has 118 valence electrons. The fourth-order valence-electron chi connectivity index (χ4n) is 2.54. The number of rotatable bonds is 8. The van der Waals surface area contributed by atoms with Gasteiger partial charge in [-0.25, -0.2) is 5.01 Å². The van der Waals surface area contributed by atoms with Crippen LogP contribution in [0.5, 0.6) is 5.75 Å². The molecule has 0 fully saturated rings. The lowest BCUT2D eigenvalue weighted by molar-refractivity contribution is 0.326. The van der Waals surface area contributed by atoms with Crippen molar-refractivity contribution in [2.45, 2.75) is 26.7 Å². The highest BCUT2D eigenvalue weighted by Gasteiger charge is 2.09. The van der Waals surface area contributed by atoms with Crippen LogP contribution < -0.4 is 10.2 Å². The maximum absolute atomic E-state index is 5.50. The fraction of sp³-hybridized carbons (Fsp3) is 0.368. The maximum Gasteiger partial charge on any atom is 0.143 e. The summed E-state index contributed by atoms with van der Waals surface area (Å²) in [6.45, 7) is 6.43. The molecule has 1 N–H and O–H groups in total. The van der Waals surface area contributed by atoms with E-state index in [2.05, 4.69) is 60.7 Å². The second-order valence-corrected chi connectivity index (χ2v) is 5.38. The highest BCUT2D eigenvalue weighted by atomic mass is 16.5. The molecule has 0 saturated carbocycles. The summed E-state index contributed by atoms with van der Waals surface area (Å²) >= 11 is 0. The molecule has 3 nitrogen and oxygen atoms in total. The quantitative estimate of drug-likeness (QED) is 0.708. The van der Waals surface area contributed by atoms with Crippen molar-refractivity contribution < 1.29 is 4.74 Å². The van der Waals surface area contributed by atoms with Crippen LogP contribution in [0, 0.1) is 0 Å². The van der Waals surface area contributed by atoms with Crippen molar-refractivity contribution in [2.24, 2.45) is 0 Å². The van der Waals surface area contributed by atoms with Crippen LogP contribution in [-0.2, 0) is 0 Å². The Balaban J connectivity index is 2.28. The van der Waals surface area contributed by atoms with Crippen LogP contribution in [0.1, 0.15) is 26.7 Å². The number of nitrogens with one attached hydrogen (secondary N) is 1. The Morgan fingerprint density at radius 3 is 2.18 bits per heavy atom. The summed E-state index contributed by atoms with van der Waals surface area (Å²) in [5.74, 6) is 0.872. The molecular weight excluding hydrogens is 272 g/mol. The van der Waals surface area contributed by atoms with E-state index in [1.807, 2.05) is 12.1 Å². The molecule has 2 rings (SSSR count). The minimum Gasteiger partial charge on any atom is -0.495 e. The summed E-state index contributed by atoms with van der Waals surface area (Å²) in [7, 11) is 1.71. The average molecular weight is 298 g/mol. The monoisotopic (exact) mass is 298 g/mol. The number of hydrogen-bond acceptors (Lipinski definition) is 3. The Labute approximate surface area is 133 Å². The van der Waals surface area contributed by atoms with Gasteiger partial charge in [-0.05, 0) is 36.1 Å². The number of anilines is 1. The van der Waals surface area contributed by atoms with E-state index in [-0.39, 0.29) is 0 Å². The molecule has 0 spiro atoms. The molecule has 0 saturated heterocycles. The third-order valence-corrected chi connectivity index (χ3v) is 3.57. The van der Waals surface area contributed by atoms with E-state index in [0.717, 1.165) is 37.4 Å². The number of hydrogen-bond donors (Lipinski definition) is 1. The largest absolute Gasteiger partial charge is 0.495 e. The second-order valence-electron chi connectivity index (χ2n) is 5.38. The molecule has 0 amide bonds. The van der Waals surface area contributed by atoms with E-state index >= 15 is 0 Å². The predicted octanol–water partition coefficient (Wildman–Crippen LogP) is 4.81. The van der Waals surface area contributed by atoms with Crippen molar-refractivity contribution in [3.8, 4) is 16.9 Å². The molecule has 2 aromatic carbocycles. The number of nitrogens with zero attached hydrogens (tertiary/aromatic N) is 1. The topological polar surface area (TPSA) is 24.5 Å². The first kappa shape index (κ1) is 16.4. The molecule has 0 bridgehead atoms. The van der Waals surface area contributed by atoms with Crippen molar-refractivity contribution in [3.63, 3.8) is 0 Å². The van der Waals surface area contributed by atoms with Gasteiger partial charge in [-0.1, -0.05) is 50.2 Å². The molecule has 0 aliphatic carbocycles. The van der Waals surface area contributed by atoms with Crippen LogP contribution in [0.3, 0.4) is 0 Å². The van der Waals surface area contributed by atoms with Gasteiger partial charge in [0.2, 0.25) is 0 Å². The lowest BCUT2D eigenvalue weighted by Crippen LogP contribution is -2.31. The summed E-state index contributed by atoms with van der Waals surface area (Å²) in [6, 6.07) is 16.7. The fourth-order valence-corrected chi connectivity index (χ4v) is 2.54. The van der Waals surface area contributed by atoms with E-state index in [9.17, 15) is 0 Å². The van der Waals surface area contributed by atoms with Gasteiger partial charge in [0.1, 0.15) is 5.75 Å². The Morgan fingerprint density at radius 1 is 0.909 bits per heavy atom. The minimum atomic E-state index is 0.872. The summed E-state index contributed by atoms with van der Waals surface area (Å²) in [5, 5.41) is 2.26. The molecule has 3 heteroatoms. The smallest absolute Gasteiger partial charge is 0.143 e. The van der Waals surface area contributed by atoms with E-state index in [0.29, 0.717) is 0 Å². The lowest BCUT2D eigenvalue weighted by Gasteiger charge is -2.24. The van der Waals surface area contributed by atoms with Gasteiger partial charge < -0.3 is 10.2 Å². The van der Waals surface area contributed by atoms with Crippen LogP contribution in [0.4, 0.5) is 5.69 Å². The highest BCUT2D eigenvalue weighted by molar-refractivity contribution is 5.71. The molecule has 0 radical (unpaired) electrons. The standard InChI is InChI=1S/C19H26N2O/c1-4-13-21(14-5-2)20-18-15-17(11-12-19(18)22-3)16-9-7-6-8-10-16/h6-12,15,20H,4-5,13-14H2,1-3H3. The van der Waals surface area contributed by atoms with Crippen LogP contribution in [0.2, 0.25) is 0 Å². The molecular formula is C19H26N2O. The molecule has 0 unspecified atom stereocenters. The normalized spacial score (nSPS) is 10.7. The van der Waals surface area contributed by atoms with Gasteiger partial charge >= 0.3 is 0 Å². The first-order valence-corrected chi connectivity index (χ1v) is 8.03. The average Bonchev–Trinajstić information content (AvgIpc) is 2.56. The number of methoxy groups -OCH3 is 1. The van der Waals surface area contributed by atoms with Crippen molar-refractivity contribution in [3.05, 3.63) is 48.5 Å². The van der Waals surface area contributed by atoms with Crippen LogP contribution >= 0.6 is 0 Å². The van der Waals surface area contributed by atoms with Gasteiger partial charge in [-0.15, -0.1) is 0 Å². The molecule has 2 aromatic rings. The third-order valence-electron chi connectivity index (χ3n) is 3.57. The molecule has 0 aliphatic rings. The third kappa shape index (κ3) is 4.25. The molecule has 0 aliphatic heterocycles. The zero-order valence-electron chi connectivity index (χ0n) is 13.8. The Morgan fingerprint density at radius 2 is 1.59 bits per heavy atom. The van der Waals surface area contributed by atoms with Crippen LogP contribution in [0.15, 0.2) is 48.5 Å². The van der Waals surface area contributed by atoms with Crippen molar-refractivity contribution in [2.75, 3.05) is 25.6 Å². The van der Waals surface area contributed by atoms with Gasteiger partial charge in [0, 0.05) is 13.1 Å². The summed E-state index contributed by atoms with van der Waals surface area (Å²) in [6.07, 6.45) is 2.24. The zero-order chi connectivity index (χ0) is 15.8. The van der Waals surface area contributed by atoms with Gasteiger partial charge in [0.15, 0.2) is 0 Å². The van der Waals surface area contributed by atoms with Crippen molar-refractivity contribution >= 4 is 5.69 Å². The molecule has 0 atom stereocenters. The second kappa shape index (κ2) is 8.44. The lowest BCUT2D eigenvalue weighted by atomic mass is 10.0. The van der Waals surface area contributed by atoms with E-state index in [4.69, 9.17) is 4.74 Å². The predicted molar refractivity (Wildman–Crippen MR) is 94.2 cm³/mol. The summed E-state index contributed by atoms with van der Waals surface area (Å²) in [5.41, 5.74) is 6.94. The van der Waals surface area contributed by atoms with Gasteiger partial charge in [0.05, 0.1) is 12.8 Å². The Hall–Kier alpha value is -2.00. The maximum atomic E-state index is 5.50. The van der Waals surface area contributed by atoms with E-state index < -0.39 is 0 Å². The van der Waals surface area contributed by atoms with Gasteiger partial charge in [0.25, 0.3) is 0 Å². The van der Waals surface area contributed by atoms with Crippen molar-refractivity contribution in [1.82, 2.24) is 5.01 Å². The van der Waals surface area contributed by atoms with Gasteiger partial charge in [-0.3, -0.25) is 0 Å². The first-order chi connectivity index (χ1) is 10.8. The molecule has 0 aromatic heterocycles. The number of ether oxygens (including phenoxy) is 1. The molecule has 0 heterocycles. The first-order valence-electron chi connectivity index (χ1n) is 8.03. The van der Waals surface area contributed by atoms with E-state index in [1.54, 1.807) is 7.11 Å². The van der Waals surface area contributed by atoms with E-state index in [1.165, 1.54) is 11.1 Å². The minimum absolute atomic E-state index is 0.872. The molecule has 22 heavy (non-hydrogen) atoms. The Kier molecular flexibility index (Phi) is 6.28. The summed E-state index contributed by atoms with van der Waals surface area (Å²) < 4.78 is 5.50. The van der Waals surface area contributed by atoms with Crippen LogP contribution in [-0.4, -0.2) is 25.2 Å².